The lowest BCUT2D eigenvalue weighted by atomic mass is 10.0. The molecule has 0 aromatic heterocycles. The maximum Gasteiger partial charge on any atom is 0.351 e. The fourth-order valence-corrected chi connectivity index (χ4v) is 3.73. The molecule has 150 valence electrons. The van der Waals surface area contributed by atoms with E-state index in [1.165, 1.54) is 12.1 Å². The van der Waals surface area contributed by atoms with Gasteiger partial charge < -0.3 is 14.8 Å². The van der Waals surface area contributed by atoms with Gasteiger partial charge in [0.1, 0.15) is 5.75 Å². The molecule has 0 radical (unpaired) electrons. The third kappa shape index (κ3) is 5.13. The summed E-state index contributed by atoms with van der Waals surface area (Å²) in [6.45, 7) is 6.47. The molecule has 0 heterocycles. The molecule has 0 aliphatic heterocycles. The molecule has 0 spiro atoms. The molecule has 0 atom stereocenters. The summed E-state index contributed by atoms with van der Waals surface area (Å²) in [6.07, 6.45) is 1.15. The van der Waals surface area contributed by atoms with Gasteiger partial charge in [-0.05, 0) is 54.8 Å². The first kappa shape index (κ1) is 21.5. The number of hydrogen-bond donors (Lipinski definition) is 1. The number of hydrogen-bond acceptors (Lipinski definition) is 6. The molecule has 28 heavy (non-hydrogen) atoms. The van der Waals surface area contributed by atoms with Crippen LogP contribution in [0.25, 0.3) is 0 Å². The highest BCUT2D eigenvalue weighted by molar-refractivity contribution is 7.96. The molecular weight excluding hydrogens is 378 g/mol. The highest BCUT2D eigenvalue weighted by atomic mass is 32.2. The minimum atomic E-state index is -4.04. The standard InChI is InChI=1S/C21H25NO5S/c1-5-27-18-10-8-17(9-11-18)22-14-20(21(23)26-4)28(24,25)19-12-6-16(7-13-19)15(2)3/h6-15,22H,5H2,1-4H3/b20-14-. The second-order valence-corrected chi connectivity index (χ2v) is 8.25. The van der Waals surface area contributed by atoms with E-state index in [9.17, 15) is 13.2 Å². The van der Waals surface area contributed by atoms with Gasteiger partial charge in [0, 0.05) is 11.9 Å². The number of ether oxygens (including phenoxy) is 2. The predicted molar refractivity (Wildman–Crippen MR) is 109 cm³/mol. The average Bonchev–Trinajstić information content (AvgIpc) is 2.69. The van der Waals surface area contributed by atoms with Gasteiger partial charge in [-0.25, -0.2) is 13.2 Å². The Bertz CT molecular complexity index is 930. The molecule has 2 aromatic carbocycles. The molecule has 0 unspecified atom stereocenters. The lowest BCUT2D eigenvalue weighted by Crippen LogP contribution is -2.17. The third-order valence-electron chi connectivity index (χ3n) is 4.07. The van der Waals surface area contributed by atoms with Crippen molar-refractivity contribution in [3.05, 3.63) is 65.2 Å². The first-order valence-corrected chi connectivity index (χ1v) is 10.4. The molecular formula is C21H25NO5S. The van der Waals surface area contributed by atoms with E-state index in [4.69, 9.17) is 4.74 Å². The van der Waals surface area contributed by atoms with Gasteiger partial charge in [-0.3, -0.25) is 0 Å². The average molecular weight is 404 g/mol. The van der Waals surface area contributed by atoms with Gasteiger partial charge in [0.05, 0.1) is 18.6 Å². The molecule has 0 saturated heterocycles. The molecule has 2 rings (SSSR count). The first-order chi connectivity index (χ1) is 13.3. The number of methoxy groups -OCH3 is 1. The van der Waals surface area contributed by atoms with Crippen molar-refractivity contribution >= 4 is 21.5 Å². The van der Waals surface area contributed by atoms with Gasteiger partial charge in [-0.1, -0.05) is 26.0 Å². The zero-order chi connectivity index (χ0) is 20.7. The minimum absolute atomic E-state index is 0.0297. The van der Waals surface area contributed by atoms with Gasteiger partial charge in [-0.15, -0.1) is 0 Å². The SMILES string of the molecule is CCOc1ccc(N/C=C(/C(=O)OC)S(=O)(=O)c2ccc(C(C)C)cc2)cc1. The van der Waals surface area contributed by atoms with Crippen LogP contribution in [0, 0.1) is 0 Å². The van der Waals surface area contributed by atoms with Crippen LogP contribution in [0.5, 0.6) is 5.75 Å². The Morgan fingerprint density at radius 1 is 1.07 bits per heavy atom. The molecule has 7 heteroatoms. The largest absolute Gasteiger partial charge is 0.494 e. The molecule has 0 saturated carbocycles. The molecule has 6 nitrogen and oxygen atoms in total. The summed E-state index contributed by atoms with van der Waals surface area (Å²) < 4.78 is 35.9. The van der Waals surface area contributed by atoms with E-state index in [1.54, 1.807) is 36.4 Å². The van der Waals surface area contributed by atoms with Crippen molar-refractivity contribution in [3.63, 3.8) is 0 Å². The molecule has 0 aliphatic carbocycles. The Balaban J connectivity index is 2.33. The van der Waals surface area contributed by atoms with Crippen molar-refractivity contribution < 1.29 is 22.7 Å². The van der Waals surface area contributed by atoms with Crippen molar-refractivity contribution in [1.29, 1.82) is 0 Å². The quantitative estimate of drug-likeness (QED) is 0.528. The molecule has 0 fully saturated rings. The zero-order valence-electron chi connectivity index (χ0n) is 16.4. The molecule has 0 aliphatic rings. The minimum Gasteiger partial charge on any atom is -0.494 e. The first-order valence-electron chi connectivity index (χ1n) is 8.92. The monoisotopic (exact) mass is 403 g/mol. The van der Waals surface area contributed by atoms with Gasteiger partial charge in [-0.2, -0.15) is 0 Å². The highest BCUT2D eigenvalue weighted by Crippen LogP contribution is 2.24. The fourth-order valence-electron chi connectivity index (χ4n) is 2.47. The predicted octanol–water partition coefficient (Wildman–Crippen LogP) is 4.11. The van der Waals surface area contributed by atoms with Gasteiger partial charge in [0.25, 0.3) is 0 Å². The second-order valence-electron chi connectivity index (χ2n) is 6.33. The van der Waals surface area contributed by atoms with Crippen LogP contribution in [-0.4, -0.2) is 28.1 Å². The molecule has 2 aromatic rings. The Labute approximate surface area is 166 Å². The highest BCUT2D eigenvalue weighted by Gasteiger charge is 2.28. The van der Waals surface area contributed by atoms with Crippen LogP contribution in [0.2, 0.25) is 0 Å². The van der Waals surface area contributed by atoms with Crippen molar-refractivity contribution in [3.8, 4) is 5.75 Å². The number of sulfone groups is 1. The number of carbonyl (C=O) groups excluding carboxylic acids is 1. The Morgan fingerprint density at radius 2 is 1.68 bits per heavy atom. The van der Waals surface area contributed by atoms with Gasteiger partial charge >= 0.3 is 5.97 Å². The Hall–Kier alpha value is -2.80. The van der Waals surface area contributed by atoms with Crippen molar-refractivity contribution in [2.45, 2.75) is 31.6 Å². The summed E-state index contributed by atoms with van der Waals surface area (Å²) in [7, 11) is -2.90. The number of carbonyl (C=O) groups is 1. The van der Waals surface area contributed by atoms with Crippen LogP contribution in [0.4, 0.5) is 5.69 Å². The topological polar surface area (TPSA) is 81.7 Å². The van der Waals surface area contributed by atoms with E-state index in [2.05, 4.69) is 10.1 Å². The Kier molecular flexibility index (Phi) is 7.23. The van der Waals surface area contributed by atoms with Crippen LogP contribution in [0.1, 0.15) is 32.3 Å². The number of rotatable bonds is 8. The van der Waals surface area contributed by atoms with E-state index in [1.807, 2.05) is 20.8 Å². The maximum absolute atomic E-state index is 12.9. The van der Waals surface area contributed by atoms with Crippen molar-refractivity contribution in [1.82, 2.24) is 0 Å². The van der Waals surface area contributed by atoms with E-state index in [0.717, 1.165) is 18.9 Å². The van der Waals surface area contributed by atoms with Crippen LogP contribution in [-0.2, 0) is 19.4 Å². The van der Waals surface area contributed by atoms with Crippen LogP contribution in [0.15, 0.2) is 64.5 Å². The summed E-state index contributed by atoms with van der Waals surface area (Å²) in [5.41, 5.74) is 1.62. The molecule has 1 N–H and O–H groups in total. The van der Waals surface area contributed by atoms with E-state index in [-0.39, 0.29) is 10.8 Å². The van der Waals surface area contributed by atoms with E-state index in [0.29, 0.717) is 18.0 Å². The lowest BCUT2D eigenvalue weighted by Gasteiger charge is -2.11. The molecule has 0 bridgehead atoms. The number of esters is 1. The third-order valence-corrected chi connectivity index (χ3v) is 5.82. The van der Waals surface area contributed by atoms with Crippen molar-refractivity contribution in [2.75, 3.05) is 19.0 Å². The van der Waals surface area contributed by atoms with Crippen LogP contribution < -0.4 is 10.1 Å². The summed E-state index contributed by atoms with van der Waals surface area (Å²) in [5.74, 6) is 0.0307. The van der Waals surface area contributed by atoms with Gasteiger partial charge in [0.15, 0.2) is 4.91 Å². The number of nitrogens with one attached hydrogen (secondary N) is 1. The fraction of sp³-hybridized carbons (Fsp3) is 0.286. The van der Waals surface area contributed by atoms with Crippen LogP contribution >= 0.6 is 0 Å². The lowest BCUT2D eigenvalue weighted by molar-refractivity contribution is -0.135. The number of benzene rings is 2. The van der Waals surface area contributed by atoms with E-state index < -0.39 is 20.7 Å². The number of anilines is 1. The summed E-state index contributed by atoms with van der Waals surface area (Å²) in [5, 5.41) is 2.84. The maximum atomic E-state index is 12.9. The van der Waals surface area contributed by atoms with E-state index >= 15 is 0 Å². The summed E-state index contributed by atoms with van der Waals surface area (Å²) in [4.78, 5) is 11.7. The van der Waals surface area contributed by atoms with Gasteiger partial charge in [0.2, 0.25) is 9.84 Å². The summed E-state index contributed by atoms with van der Waals surface area (Å²) >= 11 is 0. The Morgan fingerprint density at radius 3 is 2.18 bits per heavy atom. The van der Waals surface area contributed by atoms with Crippen molar-refractivity contribution in [2.24, 2.45) is 0 Å². The smallest absolute Gasteiger partial charge is 0.351 e. The zero-order valence-corrected chi connectivity index (χ0v) is 17.2. The normalized spacial score (nSPS) is 12.0. The van der Waals surface area contributed by atoms with Crippen LogP contribution in [0.3, 0.4) is 0 Å². The summed E-state index contributed by atoms with van der Waals surface area (Å²) in [6, 6.07) is 13.4. The second kappa shape index (κ2) is 9.41. The molecule has 0 amide bonds.